The summed E-state index contributed by atoms with van der Waals surface area (Å²) < 4.78 is 0. The Balaban J connectivity index is 1.61. The van der Waals surface area contributed by atoms with Crippen LogP contribution in [0.25, 0.3) is 0 Å². The molecule has 0 unspecified atom stereocenters. The molecule has 1 saturated carbocycles. The summed E-state index contributed by atoms with van der Waals surface area (Å²) in [6.45, 7) is 0.0220. The Morgan fingerprint density at radius 1 is 1.08 bits per heavy atom. The van der Waals surface area contributed by atoms with Crippen LogP contribution in [0.4, 0.5) is 4.79 Å². The average molecular weight is 324 g/mol. The zero-order valence-corrected chi connectivity index (χ0v) is 13.2. The van der Waals surface area contributed by atoms with Crippen LogP contribution in [0.1, 0.15) is 30.1 Å². The third-order valence-electron chi connectivity index (χ3n) is 3.75. The molecule has 3 rings (SSSR count). The van der Waals surface area contributed by atoms with Crippen LogP contribution in [-0.2, 0) is 4.79 Å². The van der Waals surface area contributed by atoms with Crippen molar-refractivity contribution >= 4 is 11.9 Å². The number of aromatic nitrogens is 1. The van der Waals surface area contributed by atoms with Crippen LogP contribution in [0.15, 0.2) is 54.7 Å². The number of urea groups is 1. The zero-order valence-electron chi connectivity index (χ0n) is 13.2. The van der Waals surface area contributed by atoms with Gasteiger partial charge in [0.25, 0.3) is 0 Å². The molecule has 1 heterocycles. The van der Waals surface area contributed by atoms with E-state index in [1.807, 2.05) is 48.5 Å². The summed E-state index contributed by atoms with van der Waals surface area (Å²) in [6, 6.07) is 15.0. The SMILES string of the molecule is O=C(CN[C@@H](c1ccccc1)c1ccccn1)NC(=O)NC1CC1. The number of carbonyl (C=O) groups is 2. The molecule has 0 spiro atoms. The minimum atomic E-state index is -0.432. The number of carbonyl (C=O) groups excluding carboxylic acids is 2. The van der Waals surface area contributed by atoms with E-state index in [0.29, 0.717) is 0 Å². The molecule has 1 fully saturated rings. The number of hydrogen-bond donors (Lipinski definition) is 3. The highest BCUT2D eigenvalue weighted by Gasteiger charge is 2.24. The van der Waals surface area contributed by atoms with E-state index in [-0.39, 0.29) is 24.5 Å². The van der Waals surface area contributed by atoms with Gasteiger partial charge in [-0.15, -0.1) is 0 Å². The minimum Gasteiger partial charge on any atom is -0.335 e. The topological polar surface area (TPSA) is 83.1 Å². The van der Waals surface area contributed by atoms with Gasteiger partial charge in [-0.25, -0.2) is 4.79 Å². The quantitative estimate of drug-likeness (QED) is 0.756. The molecule has 24 heavy (non-hydrogen) atoms. The van der Waals surface area contributed by atoms with E-state index in [9.17, 15) is 9.59 Å². The third kappa shape index (κ3) is 4.63. The van der Waals surface area contributed by atoms with Crippen LogP contribution in [-0.4, -0.2) is 29.5 Å². The van der Waals surface area contributed by atoms with Gasteiger partial charge in [0.2, 0.25) is 5.91 Å². The summed E-state index contributed by atoms with van der Waals surface area (Å²) in [5, 5.41) is 8.23. The molecule has 1 atom stereocenters. The maximum Gasteiger partial charge on any atom is 0.321 e. The van der Waals surface area contributed by atoms with E-state index in [1.165, 1.54) is 0 Å². The van der Waals surface area contributed by atoms with Gasteiger partial charge in [-0.1, -0.05) is 36.4 Å². The monoisotopic (exact) mass is 324 g/mol. The predicted molar refractivity (Wildman–Crippen MR) is 90.2 cm³/mol. The van der Waals surface area contributed by atoms with Crippen molar-refractivity contribution in [1.82, 2.24) is 20.9 Å². The first kappa shape index (κ1) is 16.1. The number of nitrogens with one attached hydrogen (secondary N) is 3. The standard InChI is InChI=1S/C18H20N4O2/c23-16(22-18(24)21-14-9-10-14)12-20-17(13-6-2-1-3-7-13)15-8-4-5-11-19-15/h1-8,11,14,17,20H,9-10,12H2,(H2,21,22,23,24)/t17-/m0/s1. The van der Waals surface area contributed by atoms with Crippen LogP contribution >= 0.6 is 0 Å². The predicted octanol–water partition coefficient (Wildman–Crippen LogP) is 1.75. The van der Waals surface area contributed by atoms with Crippen molar-refractivity contribution in [3.63, 3.8) is 0 Å². The molecule has 0 aliphatic heterocycles. The molecule has 124 valence electrons. The third-order valence-corrected chi connectivity index (χ3v) is 3.75. The van der Waals surface area contributed by atoms with Gasteiger partial charge >= 0.3 is 6.03 Å². The highest BCUT2D eigenvalue weighted by atomic mass is 16.2. The number of imide groups is 1. The second kappa shape index (κ2) is 7.70. The molecule has 0 saturated heterocycles. The van der Waals surface area contributed by atoms with Gasteiger partial charge in [0.15, 0.2) is 0 Å². The molecule has 3 N–H and O–H groups in total. The van der Waals surface area contributed by atoms with Crippen molar-refractivity contribution < 1.29 is 9.59 Å². The van der Waals surface area contributed by atoms with Crippen molar-refractivity contribution in [3.05, 3.63) is 66.0 Å². The summed E-state index contributed by atoms with van der Waals surface area (Å²) in [7, 11) is 0. The first-order valence-corrected chi connectivity index (χ1v) is 8.02. The molecule has 0 radical (unpaired) electrons. The fraction of sp³-hybridized carbons (Fsp3) is 0.278. The molecule has 1 aliphatic carbocycles. The van der Waals surface area contributed by atoms with Gasteiger partial charge in [0.05, 0.1) is 18.3 Å². The van der Waals surface area contributed by atoms with Crippen LogP contribution in [0.3, 0.4) is 0 Å². The number of nitrogens with zero attached hydrogens (tertiary/aromatic N) is 1. The molecule has 1 aromatic heterocycles. The van der Waals surface area contributed by atoms with E-state index in [0.717, 1.165) is 24.1 Å². The fourth-order valence-corrected chi connectivity index (χ4v) is 2.40. The highest BCUT2D eigenvalue weighted by molar-refractivity contribution is 5.95. The maximum absolute atomic E-state index is 12.0. The van der Waals surface area contributed by atoms with Gasteiger partial charge < -0.3 is 5.32 Å². The lowest BCUT2D eigenvalue weighted by Gasteiger charge is -2.18. The largest absolute Gasteiger partial charge is 0.335 e. The normalized spacial score (nSPS) is 14.7. The van der Waals surface area contributed by atoms with E-state index < -0.39 is 6.03 Å². The summed E-state index contributed by atoms with van der Waals surface area (Å²) >= 11 is 0. The van der Waals surface area contributed by atoms with Crippen LogP contribution in [0.2, 0.25) is 0 Å². The Morgan fingerprint density at radius 3 is 2.50 bits per heavy atom. The van der Waals surface area contributed by atoms with Gasteiger partial charge in [0, 0.05) is 12.2 Å². The molecule has 6 heteroatoms. The summed E-state index contributed by atoms with van der Waals surface area (Å²) in [4.78, 5) is 27.9. The summed E-state index contributed by atoms with van der Waals surface area (Å²) in [6.07, 6.45) is 3.68. The van der Waals surface area contributed by atoms with E-state index >= 15 is 0 Å². The molecular formula is C18H20N4O2. The van der Waals surface area contributed by atoms with Gasteiger partial charge in [-0.05, 0) is 30.5 Å². The summed E-state index contributed by atoms with van der Waals surface area (Å²) in [5.74, 6) is -0.370. The number of benzene rings is 1. The lowest BCUT2D eigenvalue weighted by Crippen LogP contribution is -2.44. The minimum absolute atomic E-state index is 0.0220. The Morgan fingerprint density at radius 2 is 1.83 bits per heavy atom. The molecule has 1 aromatic carbocycles. The lowest BCUT2D eigenvalue weighted by atomic mass is 10.0. The van der Waals surface area contributed by atoms with E-state index in [4.69, 9.17) is 0 Å². The fourth-order valence-electron chi connectivity index (χ4n) is 2.40. The first-order valence-electron chi connectivity index (χ1n) is 8.02. The number of rotatable bonds is 6. The first-order chi connectivity index (χ1) is 11.7. The molecular weight excluding hydrogens is 304 g/mol. The van der Waals surface area contributed by atoms with Crippen molar-refractivity contribution in [2.24, 2.45) is 0 Å². The molecule has 2 aromatic rings. The number of amides is 3. The Labute approximate surface area is 140 Å². The van der Waals surface area contributed by atoms with Crippen LogP contribution in [0, 0.1) is 0 Å². The Bertz CT molecular complexity index is 647. The van der Waals surface area contributed by atoms with Crippen LogP contribution < -0.4 is 16.0 Å². The van der Waals surface area contributed by atoms with Crippen molar-refractivity contribution in [2.45, 2.75) is 24.9 Å². The number of hydrogen-bond acceptors (Lipinski definition) is 4. The second-order valence-corrected chi connectivity index (χ2v) is 5.78. The molecule has 3 amide bonds. The molecule has 1 aliphatic rings. The second-order valence-electron chi connectivity index (χ2n) is 5.78. The van der Waals surface area contributed by atoms with E-state index in [1.54, 1.807) is 6.20 Å². The lowest BCUT2D eigenvalue weighted by molar-refractivity contribution is -0.119. The summed E-state index contributed by atoms with van der Waals surface area (Å²) in [5.41, 5.74) is 1.82. The molecule has 0 bridgehead atoms. The smallest absolute Gasteiger partial charge is 0.321 e. The van der Waals surface area contributed by atoms with E-state index in [2.05, 4.69) is 20.9 Å². The van der Waals surface area contributed by atoms with Crippen molar-refractivity contribution in [2.75, 3.05) is 6.54 Å². The van der Waals surface area contributed by atoms with Crippen LogP contribution in [0.5, 0.6) is 0 Å². The number of pyridine rings is 1. The van der Waals surface area contributed by atoms with Gasteiger partial charge in [-0.3, -0.25) is 20.4 Å². The van der Waals surface area contributed by atoms with Crippen molar-refractivity contribution in [1.29, 1.82) is 0 Å². The van der Waals surface area contributed by atoms with Gasteiger partial charge in [0.1, 0.15) is 0 Å². The van der Waals surface area contributed by atoms with Crippen molar-refractivity contribution in [3.8, 4) is 0 Å². The average Bonchev–Trinajstić information content (AvgIpc) is 3.41. The highest BCUT2D eigenvalue weighted by Crippen LogP contribution is 2.19. The zero-order chi connectivity index (χ0) is 16.8. The Hall–Kier alpha value is -2.73. The molecule has 6 nitrogen and oxygen atoms in total. The maximum atomic E-state index is 12.0. The Kier molecular flexibility index (Phi) is 5.18. The van der Waals surface area contributed by atoms with Gasteiger partial charge in [-0.2, -0.15) is 0 Å².